The quantitative estimate of drug-likeness (QED) is 0.494. The van der Waals surface area contributed by atoms with Gasteiger partial charge >= 0.3 is 0 Å². The Kier molecular flexibility index (Phi) is 3.86. The molecule has 0 atom stereocenters. The van der Waals surface area contributed by atoms with Gasteiger partial charge in [0.2, 0.25) is 10.0 Å². The van der Waals surface area contributed by atoms with Crippen LogP contribution in [0.5, 0.6) is 0 Å². The van der Waals surface area contributed by atoms with E-state index in [2.05, 4.69) is 0 Å². The molecule has 0 bridgehead atoms. The smallest absolute Gasteiger partial charge is 0.243 e. The maximum atomic E-state index is 13.2. The number of hydrogen-bond donors (Lipinski definition) is 0. The molecule has 0 fully saturated rings. The van der Waals surface area contributed by atoms with Crippen molar-refractivity contribution in [2.24, 2.45) is 0 Å². The summed E-state index contributed by atoms with van der Waals surface area (Å²) >= 11 is 0. The summed E-state index contributed by atoms with van der Waals surface area (Å²) in [4.78, 5) is 13.4. The van der Waals surface area contributed by atoms with E-state index in [4.69, 9.17) is 0 Å². The predicted octanol–water partition coefficient (Wildman–Crippen LogP) is 4.53. The molecule has 1 heterocycles. The van der Waals surface area contributed by atoms with Crippen molar-refractivity contribution in [2.75, 3.05) is 0 Å². The van der Waals surface area contributed by atoms with E-state index in [1.807, 2.05) is 57.2 Å². The van der Waals surface area contributed by atoms with Crippen molar-refractivity contribution >= 4 is 15.8 Å². The fourth-order valence-corrected chi connectivity index (χ4v) is 6.03. The minimum Gasteiger partial charge on any atom is -0.289 e. The number of hydrogen-bond acceptors (Lipinski definition) is 3. The first-order valence-electron chi connectivity index (χ1n) is 9.66. The maximum absolute atomic E-state index is 13.2. The highest BCUT2D eigenvalue weighted by Crippen LogP contribution is 2.45. The molecule has 0 saturated heterocycles. The van der Waals surface area contributed by atoms with Crippen LogP contribution < -0.4 is 0 Å². The Morgan fingerprint density at radius 2 is 1.31 bits per heavy atom. The molecule has 0 amide bonds. The average molecular weight is 404 g/mol. The molecule has 2 aliphatic rings. The summed E-state index contributed by atoms with van der Waals surface area (Å²) in [5.41, 5.74) is 8.34. The molecule has 146 valence electrons. The van der Waals surface area contributed by atoms with Crippen molar-refractivity contribution in [2.45, 2.75) is 38.8 Å². The van der Waals surface area contributed by atoms with Gasteiger partial charge in [-0.2, -0.15) is 4.31 Å². The standard InChI is InChI=1S/C24H21NO3S/c1-14-8-10-17(11-9-14)29(27,28)25-12-20-15(2)22-18-6-4-5-7-19(18)24(26)23(22)16(3)21(20)13-25/h4-11H,12-13H2,1-3H3. The number of carbonyl (C=O) groups is 1. The minimum absolute atomic E-state index is 0.0406. The van der Waals surface area contributed by atoms with E-state index >= 15 is 0 Å². The highest BCUT2D eigenvalue weighted by Gasteiger charge is 2.38. The Hall–Kier alpha value is -2.76. The molecule has 1 aliphatic heterocycles. The Morgan fingerprint density at radius 1 is 0.759 bits per heavy atom. The van der Waals surface area contributed by atoms with E-state index in [0.717, 1.165) is 50.1 Å². The first-order valence-corrected chi connectivity index (χ1v) is 11.1. The van der Waals surface area contributed by atoms with Crippen molar-refractivity contribution in [3.8, 4) is 11.1 Å². The Labute approximate surface area is 170 Å². The van der Waals surface area contributed by atoms with Crippen LogP contribution in [0.1, 0.15) is 43.7 Å². The van der Waals surface area contributed by atoms with E-state index in [9.17, 15) is 13.2 Å². The summed E-state index contributed by atoms with van der Waals surface area (Å²) in [6, 6.07) is 14.6. The molecule has 5 rings (SSSR count). The first kappa shape index (κ1) is 18.3. The van der Waals surface area contributed by atoms with E-state index < -0.39 is 10.0 Å². The Bertz CT molecular complexity index is 1300. The van der Waals surface area contributed by atoms with Gasteiger partial charge in [0.05, 0.1) is 4.90 Å². The second-order valence-corrected chi connectivity index (χ2v) is 9.86. The van der Waals surface area contributed by atoms with Gasteiger partial charge in [-0.3, -0.25) is 4.79 Å². The van der Waals surface area contributed by atoms with Crippen molar-refractivity contribution in [1.82, 2.24) is 4.31 Å². The van der Waals surface area contributed by atoms with Gasteiger partial charge in [0.15, 0.2) is 5.78 Å². The molecular weight excluding hydrogens is 382 g/mol. The minimum atomic E-state index is -3.60. The van der Waals surface area contributed by atoms with Gasteiger partial charge in [-0.25, -0.2) is 8.42 Å². The van der Waals surface area contributed by atoms with E-state index in [1.165, 1.54) is 4.31 Å². The number of rotatable bonds is 2. The topological polar surface area (TPSA) is 54.5 Å². The lowest BCUT2D eigenvalue weighted by molar-refractivity contribution is 0.104. The molecule has 4 nitrogen and oxygen atoms in total. The lowest BCUT2D eigenvalue weighted by Crippen LogP contribution is -2.25. The van der Waals surface area contributed by atoms with Gasteiger partial charge in [0.1, 0.15) is 0 Å². The summed E-state index contributed by atoms with van der Waals surface area (Å²) in [7, 11) is -3.60. The number of aryl methyl sites for hydroxylation is 1. The highest BCUT2D eigenvalue weighted by atomic mass is 32.2. The molecule has 0 saturated carbocycles. The largest absolute Gasteiger partial charge is 0.289 e. The van der Waals surface area contributed by atoms with Gasteiger partial charge < -0.3 is 0 Å². The fourth-order valence-electron chi connectivity index (χ4n) is 4.65. The van der Waals surface area contributed by atoms with Crippen molar-refractivity contribution in [3.63, 3.8) is 0 Å². The number of benzene rings is 3. The van der Waals surface area contributed by atoms with Crippen molar-refractivity contribution < 1.29 is 13.2 Å². The van der Waals surface area contributed by atoms with Crippen LogP contribution in [-0.4, -0.2) is 18.5 Å². The number of ketones is 1. The normalized spacial score (nSPS) is 15.3. The molecule has 0 spiro atoms. The van der Waals surface area contributed by atoms with Crippen LogP contribution in [0.2, 0.25) is 0 Å². The average Bonchev–Trinajstić information content (AvgIpc) is 3.28. The lowest BCUT2D eigenvalue weighted by atomic mass is 9.89. The Morgan fingerprint density at radius 3 is 1.93 bits per heavy atom. The third-order valence-electron chi connectivity index (χ3n) is 6.27. The number of fused-ring (bicyclic) bond motifs is 4. The second-order valence-electron chi connectivity index (χ2n) is 7.92. The van der Waals surface area contributed by atoms with E-state index in [-0.39, 0.29) is 5.78 Å². The molecule has 0 unspecified atom stereocenters. The number of nitrogens with zero attached hydrogens (tertiary/aromatic N) is 1. The fraction of sp³-hybridized carbons (Fsp3) is 0.208. The van der Waals surface area contributed by atoms with Gasteiger partial charge in [-0.15, -0.1) is 0 Å². The van der Waals surface area contributed by atoms with Gasteiger partial charge in [-0.05, 0) is 66.3 Å². The third-order valence-corrected chi connectivity index (χ3v) is 8.07. The zero-order chi connectivity index (χ0) is 20.5. The summed E-state index contributed by atoms with van der Waals surface area (Å²) in [6.45, 7) is 6.53. The van der Waals surface area contributed by atoms with E-state index in [1.54, 1.807) is 12.1 Å². The first-order chi connectivity index (χ1) is 13.8. The van der Waals surface area contributed by atoms with Gasteiger partial charge in [0, 0.05) is 24.2 Å². The lowest BCUT2D eigenvalue weighted by Gasteiger charge is -2.16. The van der Waals surface area contributed by atoms with Crippen LogP contribution in [0.3, 0.4) is 0 Å². The molecule has 1 aliphatic carbocycles. The molecule has 0 radical (unpaired) electrons. The predicted molar refractivity (Wildman–Crippen MR) is 112 cm³/mol. The van der Waals surface area contributed by atoms with Crippen molar-refractivity contribution in [1.29, 1.82) is 0 Å². The summed E-state index contributed by atoms with van der Waals surface area (Å²) < 4.78 is 27.9. The zero-order valence-electron chi connectivity index (χ0n) is 16.6. The van der Waals surface area contributed by atoms with Crippen LogP contribution in [0.25, 0.3) is 11.1 Å². The van der Waals surface area contributed by atoms with Gasteiger partial charge in [-0.1, -0.05) is 42.0 Å². The van der Waals surface area contributed by atoms with Crippen LogP contribution in [0.4, 0.5) is 0 Å². The van der Waals surface area contributed by atoms with E-state index in [0.29, 0.717) is 18.0 Å². The van der Waals surface area contributed by atoms with Crippen LogP contribution >= 0.6 is 0 Å². The molecule has 29 heavy (non-hydrogen) atoms. The molecule has 0 aromatic heterocycles. The Balaban J connectivity index is 1.64. The molecule has 3 aromatic rings. The summed E-state index contributed by atoms with van der Waals surface area (Å²) in [5.74, 6) is 0.0406. The molecule has 0 N–H and O–H groups in total. The highest BCUT2D eigenvalue weighted by molar-refractivity contribution is 7.89. The molecule has 5 heteroatoms. The zero-order valence-corrected chi connectivity index (χ0v) is 17.4. The van der Waals surface area contributed by atoms with Crippen molar-refractivity contribution in [3.05, 3.63) is 87.5 Å². The molecule has 3 aromatic carbocycles. The monoisotopic (exact) mass is 403 g/mol. The maximum Gasteiger partial charge on any atom is 0.243 e. The van der Waals surface area contributed by atoms with Crippen LogP contribution in [0.15, 0.2) is 53.4 Å². The number of carbonyl (C=O) groups excluding carboxylic acids is 1. The summed E-state index contributed by atoms with van der Waals surface area (Å²) in [6.07, 6.45) is 0. The summed E-state index contributed by atoms with van der Waals surface area (Å²) in [5, 5.41) is 0. The van der Waals surface area contributed by atoms with Crippen LogP contribution in [-0.2, 0) is 23.1 Å². The molecular formula is C24H21NO3S. The van der Waals surface area contributed by atoms with Crippen LogP contribution in [0, 0.1) is 20.8 Å². The number of sulfonamides is 1. The second kappa shape index (κ2) is 6.12. The SMILES string of the molecule is Cc1ccc(S(=O)(=O)N2Cc3c(C)c4c(c(C)c3C2)-c2ccccc2C4=O)cc1. The van der Waals surface area contributed by atoms with Gasteiger partial charge in [0.25, 0.3) is 0 Å². The third kappa shape index (κ3) is 2.47.